The maximum Gasteiger partial charge on any atom is 0.346 e. The summed E-state index contributed by atoms with van der Waals surface area (Å²) >= 11 is 11.6. The minimum Gasteiger partial charge on any atom is -0.404 e. The third-order valence-corrected chi connectivity index (χ3v) is 2.70. The van der Waals surface area contributed by atoms with Crippen LogP contribution < -0.4 is 4.74 Å². The zero-order valence-electron chi connectivity index (χ0n) is 9.35. The molecule has 0 fully saturated rings. The van der Waals surface area contributed by atoms with Crippen molar-refractivity contribution in [1.82, 2.24) is 4.98 Å². The smallest absolute Gasteiger partial charge is 0.346 e. The van der Waals surface area contributed by atoms with Crippen LogP contribution in [0.4, 0.5) is 0 Å². The summed E-state index contributed by atoms with van der Waals surface area (Å²) in [7, 11) is 0. The van der Waals surface area contributed by atoms with Gasteiger partial charge < -0.3 is 4.74 Å². The van der Waals surface area contributed by atoms with Crippen LogP contribution in [0.3, 0.4) is 0 Å². The van der Waals surface area contributed by atoms with Gasteiger partial charge in [0.2, 0.25) is 5.88 Å². The van der Waals surface area contributed by atoms with Crippen LogP contribution in [0.5, 0.6) is 5.88 Å². The molecule has 1 radical (unpaired) electrons. The van der Waals surface area contributed by atoms with Crippen LogP contribution in [0, 0.1) is 17.5 Å². The van der Waals surface area contributed by atoms with Gasteiger partial charge in [-0.3, -0.25) is 0 Å². The van der Waals surface area contributed by atoms with Crippen LogP contribution in [-0.2, 0) is 0 Å². The molecule has 1 aromatic heterocycles. The second-order valence-electron chi connectivity index (χ2n) is 3.43. The van der Waals surface area contributed by atoms with Gasteiger partial charge in [0.15, 0.2) is 0 Å². The molecule has 0 atom stereocenters. The van der Waals surface area contributed by atoms with E-state index >= 15 is 0 Å². The number of nitrogens with zero attached hydrogens (tertiary/aromatic N) is 2. The molecule has 19 heavy (non-hydrogen) atoms. The molecule has 0 unspecified atom stereocenters. The first-order valence-electron chi connectivity index (χ1n) is 5.06. The summed E-state index contributed by atoms with van der Waals surface area (Å²) in [5.74, 6) is -0.623. The summed E-state index contributed by atoms with van der Waals surface area (Å²) in [5.41, 5.74) is 0.432. The van der Waals surface area contributed by atoms with Gasteiger partial charge in [0.1, 0.15) is 12.3 Å². The van der Waals surface area contributed by atoms with E-state index in [9.17, 15) is 4.79 Å². The zero-order valence-corrected chi connectivity index (χ0v) is 10.9. The molecule has 2 aromatic rings. The number of pyridine rings is 1. The Morgan fingerprint density at radius 1 is 1.32 bits per heavy atom. The number of halogens is 2. The Balaban J connectivity index is 2.18. The molecule has 0 aliphatic carbocycles. The third kappa shape index (κ3) is 3.22. The van der Waals surface area contributed by atoms with Gasteiger partial charge in [0, 0.05) is 11.1 Å². The molecule has 0 saturated heterocycles. The molecule has 2 rings (SSSR count). The lowest BCUT2D eigenvalue weighted by Crippen LogP contribution is -2.10. The van der Waals surface area contributed by atoms with Crippen LogP contribution in [0.1, 0.15) is 15.9 Å². The van der Waals surface area contributed by atoms with Gasteiger partial charge in [0.05, 0.1) is 16.1 Å². The van der Waals surface area contributed by atoms with Crippen LogP contribution in [0.15, 0.2) is 30.3 Å². The van der Waals surface area contributed by atoms with E-state index in [1.807, 2.05) is 6.07 Å². The summed E-state index contributed by atoms with van der Waals surface area (Å²) in [6.07, 6.45) is 2.42. The topological polar surface area (TPSA) is 63.0 Å². The fourth-order valence-electron chi connectivity index (χ4n) is 1.27. The van der Waals surface area contributed by atoms with Gasteiger partial charge in [-0.25, -0.2) is 9.78 Å². The second-order valence-corrected chi connectivity index (χ2v) is 4.28. The van der Waals surface area contributed by atoms with Crippen LogP contribution >= 0.6 is 23.2 Å². The molecule has 4 nitrogen and oxygen atoms in total. The molecular formula is C13H5Cl2N2O2. The molecule has 93 valence electrons. The molecule has 1 heterocycles. The van der Waals surface area contributed by atoms with Gasteiger partial charge in [-0.2, -0.15) is 5.26 Å². The molecule has 6 heteroatoms. The van der Waals surface area contributed by atoms with Crippen molar-refractivity contribution in [2.75, 3.05) is 0 Å². The van der Waals surface area contributed by atoms with E-state index in [-0.39, 0.29) is 22.0 Å². The molecular weight excluding hydrogens is 287 g/mol. The highest BCUT2D eigenvalue weighted by molar-refractivity contribution is 6.36. The fraction of sp³-hybridized carbons (Fsp3) is 0. The van der Waals surface area contributed by atoms with Crippen molar-refractivity contribution < 1.29 is 9.53 Å². The maximum absolute atomic E-state index is 11.8. The SMILES string of the molecule is N#Cc1[c]nc(OC(=O)c2ccc(Cl)cc2Cl)cc1. The van der Waals surface area contributed by atoms with Crippen LogP contribution in [0.25, 0.3) is 0 Å². The minimum absolute atomic E-state index is 0.0371. The quantitative estimate of drug-likeness (QED) is 0.797. The molecule has 0 spiro atoms. The van der Waals surface area contributed by atoms with Crippen molar-refractivity contribution in [2.45, 2.75) is 0 Å². The fourth-order valence-corrected chi connectivity index (χ4v) is 1.75. The summed E-state index contributed by atoms with van der Waals surface area (Å²) in [4.78, 5) is 15.5. The number of hydrogen-bond donors (Lipinski definition) is 0. The van der Waals surface area contributed by atoms with Crippen molar-refractivity contribution in [3.63, 3.8) is 0 Å². The van der Waals surface area contributed by atoms with E-state index < -0.39 is 5.97 Å². The summed E-state index contributed by atoms with van der Waals surface area (Å²) in [6, 6.07) is 9.13. The molecule has 0 bridgehead atoms. The number of esters is 1. The Bertz CT molecular complexity index is 663. The van der Waals surface area contributed by atoms with E-state index in [1.54, 1.807) is 0 Å². The maximum atomic E-state index is 11.8. The number of ether oxygens (including phenoxy) is 1. The number of carbonyl (C=O) groups excluding carboxylic acids is 1. The highest BCUT2D eigenvalue weighted by Crippen LogP contribution is 2.22. The predicted octanol–water partition coefficient (Wildman–Crippen LogP) is 3.28. The molecule has 1 aromatic carbocycles. The van der Waals surface area contributed by atoms with Crippen molar-refractivity contribution >= 4 is 29.2 Å². The Kier molecular flexibility index (Phi) is 4.00. The number of hydrogen-bond acceptors (Lipinski definition) is 4. The first kappa shape index (κ1) is 13.3. The first-order chi connectivity index (χ1) is 9.10. The standard InChI is InChI=1S/C13H5Cl2N2O2/c14-9-2-3-10(11(15)5-9)13(18)19-12-4-1-8(6-16)7-17-12/h1-5H. The highest BCUT2D eigenvalue weighted by atomic mass is 35.5. The van der Waals surface area contributed by atoms with Crippen LogP contribution in [-0.4, -0.2) is 11.0 Å². The summed E-state index contributed by atoms with van der Waals surface area (Å²) < 4.78 is 5.00. The Morgan fingerprint density at radius 2 is 2.11 bits per heavy atom. The van der Waals surface area contributed by atoms with Gasteiger partial charge in [-0.05, 0) is 24.3 Å². The Labute approximate surface area is 119 Å². The van der Waals surface area contributed by atoms with Crippen molar-refractivity contribution in [3.8, 4) is 11.9 Å². The average Bonchev–Trinajstić information content (AvgIpc) is 2.39. The Hall–Kier alpha value is -2.09. The van der Waals surface area contributed by atoms with Gasteiger partial charge in [0.25, 0.3) is 0 Å². The first-order valence-corrected chi connectivity index (χ1v) is 5.82. The number of rotatable bonds is 2. The average molecular weight is 292 g/mol. The van der Waals surface area contributed by atoms with Crippen molar-refractivity contribution in [1.29, 1.82) is 5.26 Å². The lowest BCUT2D eigenvalue weighted by molar-refractivity contribution is 0.0727. The monoisotopic (exact) mass is 291 g/mol. The molecule has 0 aliphatic rings. The summed E-state index contributed by atoms with van der Waals surface area (Å²) in [6.45, 7) is 0. The van der Waals surface area contributed by atoms with Crippen molar-refractivity contribution in [3.05, 3.63) is 57.7 Å². The minimum atomic E-state index is -0.660. The van der Waals surface area contributed by atoms with E-state index in [0.29, 0.717) is 5.02 Å². The van der Waals surface area contributed by atoms with Gasteiger partial charge >= 0.3 is 5.97 Å². The molecule has 0 aliphatic heterocycles. The number of aromatic nitrogens is 1. The number of carbonyl (C=O) groups is 1. The van der Waals surface area contributed by atoms with Gasteiger partial charge in [-0.15, -0.1) is 0 Å². The van der Waals surface area contributed by atoms with Crippen molar-refractivity contribution in [2.24, 2.45) is 0 Å². The van der Waals surface area contributed by atoms with E-state index in [1.165, 1.54) is 30.3 Å². The number of nitriles is 1. The third-order valence-electron chi connectivity index (χ3n) is 2.15. The van der Waals surface area contributed by atoms with E-state index in [2.05, 4.69) is 11.2 Å². The molecule has 0 saturated carbocycles. The normalized spacial score (nSPS) is 9.74. The lowest BCUT2D eigenvalue weighted by atomic mass is 10.2. The molecule has 0 amide bonds. The predicted molar refractivity (Wildman–Crippen MR) is 69.2 cm³/mol. The van der Waals surface area contributed by atoms with E-state index in [4.69, 9.17) is 33.2 Å². The van der Waals surface area contributed by atoms with E-state index in [0.717, 1.165) is 0 Å². The van der Waals surface area contributed by atoms with Gasteiger partial charge in [-0.1, -0.05) is 23.2 Å². The summed E-state index contributed by atoms with van der Waals surface area (Å²) in [5, 5.41) is 9.20. The lowest BCUT2D eigenvalue weighted by Gasteiger charge is -2.04. The van der Waals surface area contributed by atoms with Crippen LogP contribution in [0.2, 0.25) is 10.0 Å². The second kappa shape index (κ2) is 5.70. The number of benzene rings is 1. The molecule has 0 N–H and O–H groups in total. The Morgan fingerprint density at radius 3 is 2.68 bits per heavy atom. The highest BCUT2D eigenvalue weighted by Gasteiger charge is 2.13. The zero-order chi connectivity index (χ0) is 13.8. The largest absolute Gasteiger partial charge is 0.404 e.